The largest absolute Gasteiger partial charge is 0.398 e. The van der Waals surface area contributed by atoms with E-state index in [0.29, 0.717) is 25.3 Å². The van der Waals surface area contributed by atoms with E-state index in [1.54, 1.807) is 6.07 Å². The van der Waals surface area contributed by atoms with Gasteiger partial charge in [-0.2, -0.15) is 13.2 Å². The Kier molecular flexibility index (Phi) is 4.40. The predicted octanol–water partition coefficient (Wildman–Crippen LogP) is 3.81. The van der Waals surface area contributed by atoms with Crippen LogP contribution in [0.5, 0.6) is 0 Å². The zero-order valence-corrected chi connectivity index (χ0v) is 12.0. The lowest BCUT2D eigenvalue weighted by molar-refractivity contribution is -0.185. The molecule has 0 bridgehead atoms. The van der Waals surface area contributed by atoms with Crippen molar-refractivity contribution in [2.75, 3.05) is 18.8 Å². The van der Waals surface area contributed by atoms with Crippen LogP contribution in [0.1, 0.15) is 18.4 Å². The van der Waals surface area contributed by atoms with E-state index in [1.807, 2.05) is 17.0 Å². The number of halogens is 4. The van der Waals surface area contributed by atoms with Gasteiger partial charge >= 0.3 is 6.18 Å². The van der Waals surface area contributed by atoms with Crippen molar-refractivity contribution in [3.63, 3.8) is 0 Å². The molecule has 1 aliphatic heterocycles. The van der Waals surface area contributed by atoms with Crippen LogP contribution in [-0.2, 0) is 6.54 Å². The molecule has 1 heterocycles. The van der Waals surface area contributed by atoms with Crippen LogP contribution in [0.15, 0.2) is 22.7 Å². The van der Waals surface area contributed by atoms with Gasteiger partial charge in [-0.1, -0.05) is 12.1 Å². The summed E-state index contributed by atoms with van der Waals surface area (Å²) in [7, 11) is 0. The van der Waals surface area contributed by atoms with Crippen LogP contribution in [-0.4, -0.2) is 24.2 Å². The first-order valence-corrected chi connectivity index (χ1v) is 6.99. The average molecular weight is 337 g/mol. The van der Waals surface area contributed by atoms with Crippen molar-refractivity contribution in [3.8, 4) is 0 Å². The molecular weight excluding hydrogens is 321 g/mol. The normalized spacial score (nSPS) is 18.7. The van der Waals surface area contributed by atoms with Crippen LogP contribution in [0.3, 0.4) is 0 Å². The summed E-state index contributed by atoms with van der Waals surface area (Å²) < 4.78 is 38.5. The first-order chi connectivity index (χ1) is 8.88. The third-order valence-electron chi connectivity index (χ3n) is 3.55. The Labute approximate surface area is 118 Å². The summed E-state index contributed by atoms with van der Waals surface area (Å²) in [6.45, 7) is 1.59. The first kappa shape index (κ1) is 14.7. The van der Waals surface area contributed by atoms with Gasteiger partial charge in [0.2, 0.25) is 0 Å². The van der Waals surface area contributed by atoms with E-state index in [1.165, 1.54) is 0 Å². The lowest BCUT2D eigenvalue weighted by Crippen LogP contribution is -2.38. The molecule has 0 amide bonds. The lowest BCUT2D eigenvalue weighted by atomic mass is 9.96. The Morgan fingerprint density at radius 3 is 2.47 bits per heavy atom. The summed E-state index contributed by atoms with van der Waals surface area (Å²) in [4.78, 5) is 2.04. The van der Waals surface area contributed by atoms with Crippen molar-refractivity contribution in [1.82, 2.24) is 4.90 Å². The number of piperidine rings is 1. The number of nitrogens with zero attached hydrogens (tertiary/aromatic N) is 1. The highest BCUT2D eigenvalue weighted by atomic mass is 79.9. The topological polar surface area (TPSA) is 29.3 Å². The van der Waals surface area contributed by atoms with Gasteiger partial charge in [0.1, 0.15) is 0 Å². The Balaban J connectivity index is 1.94. The minimum atomic E-state index is -4.05. The number of likely N-dealkylation sites (tertiary alicyclic amines) is 1. The summed E-state index contributed by atoms with van der Waals surface area (Å²) in [5, 5.41) is 0. The second kappa shape index (κ2) is 5.71. The molecule has 19 heavy (non-hydrogen) atoms. The van der Waals surface area contributed by atoms with Gasteiger partial charge in [-0.3, -0.25) is 4.90 Å². The van der Waals surface area contributed by atoms with Crippen molar-refractivity contribution in [2.24, 2.45) is 5.92 Å². The van der Waals surface area contributed by atoms with Gasteiger partial charge in [-0.15, -0.1) is 0 Å². The molecule has 0 unspecified atom stereocenters. The van der Waals surface area contributed by atoms with Crippen molar-refractivity contribution in [1.29, 1.82) is 0 Å². The summed E-state index contributed by atoms with van der Waals surface area (Å²) in [5.41, 5.74) is 7.46. The summed E-state index contributed by atoms with van der Waals surface area (Å²) in [5.74, 6) is -1.15. The molecule has 0 aromatic heterocycles. The summed E-state index contributed by atoms with van der Waals surface area (Å²) >= 11 is 3.42. The van der Waals surface area contributed by atoms with E-state index in [2.05, 4.69) is 15.9 Å². The number of hydrogen-bond donors (Lipinski definition) is 1. The summed E-state index contributed by atoms with van der Waals surface area (Å²) in [6.07, 6.45) is -3.68. The maximum atomic E-state index is 12.6. The molecule has 1 aromatic rings. The van der Waals surface area contributed by atoms with Gasteiger partial charge in [0.05, 0.1) is 5.92 Å². The molecule has 0 radical (unpaired) electrons. The number of hydrogen-bond acceptors (Lipinski definition) is 2. The Morgan fingerprint density at radius 1 is 1.26 bits per heavy atom. The zero-order valence-electron chi connectivity index (χ0n) is 10.4. The van der Waals surface area contributed by atoms with Gasteiger partial charge in [0.15, 0.2) is 0 Å². The van der Waals surface area contributed by atoms with Gasteiger partial charge in [0, 0.05) is 16.7 Å². The molecule has 2 N–H and O–H groups in total. The minimum Gasteiger partial charge on any atom is -0.398 e. The van der Waals surface area contributed by atoms with Crippen LogP contribution in [0, 0.1) is 5.92 Å². The van der Waals surface area contributed by atoms with Crippen molar-refractivity contribution >= 4 is 21.6 Å². The van der Waals surface area contributed by atoms with E-state index < -0.39 is 12.1 Å². The van der Waals surface area contributed by atoms with Crippen molar-refractivity contribution in [2.45, 2.75) is 25.6 Å². The molecule has 106 valence electrons. The van der Waals surface area contributed by atoms with Crippen LogP contribution in [0.25, 0.3) is 0 Å². The number of anilines is 1. The molecule has 1 aromatic carbocycles. The van der Waals surface area contributed by atoms with Gasteiger partial charge in [0.25, 0.3) is 0 Å². The minimum absolute atomic E-state index is 0.184. The fourth-order valence-corrected chi connectivity index (χ4v) is 2.77. The maximum Gasteiger partial charge on any atom is 0.391 e. The Morgan fingerprint density at radius 2 is 1.89 bits per heavy atom. The Hall–Kier alpha value is -0.750. The third kappa shape index (κ3) is 3.63. The van der Waals surface area contributed by atoms with E-state index in [9.17, 15) is 13.2 Å². The quantitative estimate of drug-likeness (QED) is 0.832. The average Bonchev–Trinajstić information content (AvgIpc) is 2.35. The smallest absolute Gasteiger partial charge is 0.391 e. The number of alkyl halides is 3. The predicted molar refractivity (Wildman–Crippen MR) is 72.6 cm³/mol. The molecule has 0 atom stereocenters. The molecule has 2 rings (SSSR count). The molecule has 0 spiro atoms. The van der Waals surface area contributed by atoms with Crippen LogP contribution >= 0.6 is 15.9 Å². The molecule has 1 fully saturated rings. The van der Waals surface area contributed by atoms with Crippen LogP contribution < -0.4 is 5.73 Å². The zero-order chi connectivity index (χ0) is 14.0. The Bertz CT molecular complexity index is 440. The van der Waals surface area contributed by atoms with Crippen LogP contribution in [0.4, 0.5) is 18.9 Å². The highest BCUT2D eigenvalue weighted by Crippen LogP contribution is 2.35. The van der Waals surface area contributed by atoms with E-state index >= 15 is 0 Å². The third-order valence-corrected chi connectivity index (χ3v) is 4.52. The number of rotatable bonds is 2. The van der Waals surface area contributed by atoms with Crippen LogP contribution in [0.2, 0.25) is 0 Å². The number of nitrogens with two attached hydrogens (primary N) is 1. The molecule has 1 aliphatic rings. The SMILES string of the molecule is Nc1cccc(CN2CCC(C(F)(F)F)CC2)c1Br. The number of nitrogen functional groups attached to an aromatic ring is 1. The second-order valence-electron chi connectivity index (χ2n) is 4.91. The van der Waals surface area contributed by atoms with E-state index in [-0.39, 0.29) is 12.8 Å². The monoisotopic (exact) mass is 336 g/mol. The van der Waals surface area contributed by atoms with E-state index in [0.717, 1.165) is 10.0 Å². The molecule has 0 aliphatic carbocycles. The van der Waals surface area contributed by atoms with E-state index in [4.69, 9.17) is 5.73 Å². The fourth-order valence-electron chi connectivity index (χ4n) is 2.38. The fraction of sp³-hybridized carbons (Fsp3) is 0.538. The van der Waals surface area contributed by atoms with Gasteiger partial charge in [-0.25, -0.2) is 0 Å². The maximum absolute atomic E-state index is 12.6. The van der Waals surface area contributed by atoms with Crippen molar-refractivity contribution in [3.05, 3.63) is 28.2 Å². The molecule has 1 saturated heterocycles. The van der Waals surface area contributed by atoms with Gasteiger partial charge in [-0.05, 0) is 53.5 Å². The highest BCUT2D eigenvalue weighted by molar-refractivity contribution is 9.10. The van der Waals surface area contributed by atoms with Gasteiger partial charge < -0.3 is 5.73 Å². The lowest BCUT2D eigenvalue weighted by Gasteiger charge is -2.33. The molecular formula is C13H16BrF3N2. The second-order valence-corrected chi connectivity index (χ2v) is 5.71. The highest BCUT2D eigenvalue weighted by Gasteiger charge is 2.40. The van der Waals surface area contributed by atoms with Crippen molar-refractivity contribution < 1.29 is 13.2 Å². The molecule has 2 nitrogen and oxygen atoms in total. The molecule has 0 saturated carbocycles. The summed E-state index contributed by atoms with van der Waals surface area (Å²) in [6, 6.07) is 5.59. The standard InChI is InChI=1S/C13H16BrF3N2/c14-12-9(2-1-3-11(12)18)8-19-6-4-10(5-7-19)13(15,16)17/h1-3,10H,4-8,18H2. The molecule has 6 heteroatoms. The number of benzene rings is 1. The first-order valence-electron chi connectivity index (χ1n) is 6.20.